The van der Waals surface area contributed by atoms with Gasteiger partial charge in [0.1, 0.15) is 18.1 Å². The fraction of sp³-hybridized carbons (Fsp3) is 0.667. The van der Waals surface area contributed by atoms with Crippen molar-refractivity contribution in [1.29, 1.82) is 0 Å². The highest BCUT2D eigenvalue weighted by atomic mass is 16.4. The molecule has 0 fully saturated rings. The van der Waals surface area contributed by atoms with Gasteiger partial charge in [-0.2, -0.15) is 0 Å². The Kier molecular flexibility index (Phi) is 11.8. The van der Waals surface area contributed by atoms with Crippen molar-refractivity contribution in [2.24, 2.45) is 11.7 Å². The van der Waals surface area contributed by atoms with Crippen LogP contribution < -0.4 is 21.7 Å². The number of carboxylic acids is 3. The van der Waals surface area contributed by atoms with Gasteiger partial charge in [0.25, 0.3) is 0 Å². The molecule has 13 nitrogen and oxygen atoms in total. The zero-order valence-electron chi connectivity index (χ0n) is 17.6. The summed E-state index contributed by atoms with van der Waals surface area (Å²) in [5, 5.41) is 33.1. The van der Waals surface area contributed by atoms with Crippen molar-refractivity contribution in [1.82, 2.24) is 16.0 Å². The van der Waals surface area contributed by atoms with Crippen LogP contribution in [-0.2, 0) is 28.8 Å². The Morgan fingerprint density at radius 1 is 0.774 bits per heavy atom. The van der Waals surface area contributed by atoms with Crippen LogP contribution in [0, 0.1) is 5.92 Å². The van der Waals surface area contributed by atoms with Gasteiger partial charge in [-0.3, -0.25) is 24.0 Å². The van der Waals surface area contributed by atoms with Gasteiger partial charge in [0.15, 0.2) is 0 Å². The second kappa shape index (κ2) is 13.2. The van der Waals surface area contributed by atoms with Crippen molar-refractivity contribution in [3.05, 3.63) is 0 Å². The number of carboxylic acid groups (broad SMARTS) is 3. The number of hydrogen-bond acceptors (Lipinski definition) is 7. The quantitative estimate of drug-likeness (QED) is 0.159. The molecule has 0 aliphatic carbocycles. The van der Waals surface area contributed by atoms with Crippen LogP contribution in [0.1, 0.15) is 46.5 Å². The lowest BCUT2D eigenvalue weighted by molar-refractivity contribution is -0.147. The molecule has 0 saturated heterocycles. The lowest BCUT2D eigenvalue weighted by atomic mass is 10.0. The van der Waals surface area contributed by atoms with Crippen LogP contribution in [0.25, 0.3) is 0 Å². The van der Waals surface area contributed by atoms with Crippen LogP contribution in [0.2, 0.25) is 0 Å². The van der Waals surface area contributed by atoms with Crippen LogP contribution in [0.3, 0.4) is 0 Å². The first-order valence-corrected chi connectivity index (χ1v) is 9.57. The van der Waals surface area contributed by atoms with E-state index in [4.69, 9.17) is 21.1 Å². The largest absolute Gasteiger partial charge is 0.481 e. The molecule has 13 heteroatoms. The Labute approximate surface area is 178 Å². The average Bonchev–Trinajstić information content (AvgIpc) is 2.62. The minimum absolute atomic E-state index is 0.101. The van der Waals surface area contributed by atoms with E-state index in [-0.39, 0.29) is 12.3 Å². The molecule has 0 saturated carbocycles. The second-order valence-electron chi connectivity index (χ2n) is 7.46. The van der Waals surface area contributed by atoms with Gasteiger partial charge in [-0.15, -0.1) is 0 Å². The topological polar surface area (TPSA) is 225 Å². The molecule has 31 heavy (non-hydrogen) atoms. The molecule has 3 amide bonds. The first-order valence-electron chi connectivity index (χ1n) is 9.57. The Balaban J connectivity index is 5.14. The summed E-state index contributed by atoms with van der Waals surface area (Å²) in [6.07, 6.45) is -1.25. The zero-order chi connectivity index (χ0) is 24.3. The normalized spacial score (nSPS) is 14.6. The van der Waals surface area contributed by atoms with Gasteiger partial charge in [-0.05, 0) is 25.7 Å². The highest BCUT2D eigenvalue weighted by Crippen LogP contribution is 2.05. The van der Waals surface area contributed by atoms with E-state index in [2.05, 4.69) is 10.6 Å². The molecular weight excluding hydrogens is 416 g/mol. The summed E-state index contributed by atoms with van der Waals surface area (Å²) < 4.78 is 0. The van der Waals surface area contributed by atoms with E-state index in [1.54, 1.807) is 0 Å². The molecule has 0 bridgehead atoms. The molecular formula is C18H30N4O9. The first-order chi connectivity index (χ1) is 14.2. The van der Waals surface area contributed by atoms with Crippen LogP contribution >= 0.6 is 0 Å². The minimum atomic E-state index is -1.71. The number of carbonyl (C=O) groups excluding carboxylic acids is 3. The maximum Gasteiger partial charge on any atom is 0.326 e. The Morgan fingerprint density at radius 3 is 1.77 bits per heavy atom. The number of aliphatic carboxylic acids is 3. The third kappa shape index (κ3) is 11.5. The van der Waals surface area contributed by atoms with Crippen molar-refractivity contribution >= 4 is 35.6 Å². The molecule has 0 aromatic rings. The number of nitrogens with one attached hydrogen (secondary N) is 3. The van der Waals surface area contributed by atoms with Gasteiger partial charge in [0, 0.05) is 6.42 Å². The summed E-state index contributed by atoms with van der Waals surface area (Å²) in [6, 6.07) is -5.22. The molecule has 0 heterocycles. The standard InChI is InChI=1S/C18H30N4O9/c1-8(2)6-10(19)16(28)21-11(4-5-13(23)24)17(29)20-9(3)15(27)22-12(18(30)31)7-14(25)26/h8-12H,4-7,19H2,1-3H3,(H,20,29)(H,21,28)(H,22,27)(H,23,24)(H,25,26)(H,30,31). The van der Waals surface area contributed by atoms with Crippen molar-refractivity contribution in [3.63, 3.8) is 0 Å². The maximum absolute atomic E-state index is 12.5. The van der Waals surface area contributed by atoms with Crippen LogP contribution in [0.15, 0.2) is 0 Å². The Bertz CT molecular complexity index is 696. The van der Waals surface area contributed by atoms with Gasteiger partial charge in [0.2, 0.25) is 17.7 Å². The number of nitrogens with two attached hydrogens (primary N) is 1. The first kappa shape index (κ1) is 27.8. The van der Waals surface area contributed by atoms with Crippen LogP contribution in [-0.4, -0.2) is 75.1 Å². The zero-order valence-corrected chi connectivity index (χ0v) is 17.6. The molecule has 4 unspecified atom stereocenters. The van der Waals surface area contributed by atoms with Crippen LogP contribution in [0.5, 0.6) is 0 Å². The molecule has 4 atom stereocenters. The predicted octanol–water partition coefficient (Wildman–Crippen LogP) is -1.74. The molecule has 0 radical (unpaired) electrons. The highest BCUT2D eigenvalue weighted by molar-refractivity contribution is 5.94. The van der Waals surface area contributed by atoms with E-state index in [0.717, 1.165) is 0 Å². The van der Waals surface area contributed by atoms with E-state index in [9.17, 15) is 28.8 Å². The van der Waals surface area contributed by atoms with E-state index >= 15 is 0 Å². The lowest BCUT2D eigenvalue weighted by Gasteiger charge is -2.23. The third-order valence-electron chi connectivity index (χ3n) is 4.09. The molecule has 0 aromatic heterocycles. The van der Waals surface area contributed by atoms with Gasteiger partial charge in [-0.25, -0.2) is 4.79 Å². The van der Waals surface area contributed by atoms with E-state index < -0.39 is 72.6 Å². The molecule has 8 N–H and O–H groups in total. The smallest absolute Gasteiger partial charge is 0.326 e. The third-order valence-corrected chi connectivity index (χ3v) is 4.09. The van der Waals surface area contributed by atoms with Crippen LogP contribution in [0.4, 0.5) is 0 Å². The summed E-state index contributed by atoms with van der Waals surface area (Å²) in [4.78, 5) is 69.5. The number of hydrogen-bond donors (Lipinski definition) is 7. The monoisotopic (exact) mass is 446 g/mol. The molecule has 0 aliphatic heterocycles. The fourth-order valence-electron chi connectivity index (χ4n) is 2.48. The minimum Gasteiger partial charge on any atom is -0.481 e. The summed E-state index contributed by atoms with van der Waals surface area (Å²) in [7, 11) is 0. The molecule has 0 rings (SSSR count). The lowest BCUT2D eigenvalue weighted by Crippen LogP contribution is -2.56. The van der Waals surface area contributed by atoms with E-state index in [0.29, 0.717) is 6.42 Å². The number of carbonyl (C=O) groups is 6. The number of amides is 3. The van der Waals surface area contributed by atoms with Crippen molar-refractivity contribution in [2.75, 3.05) is 0 Å². The predicted molar refractivity (Wildman–Crippen MR) is 106 cm³/mol. The average molecular weight is 446 g/mol. The van der Waals surface area contributed by atoms with Crippen molar-refractivity contribution in [3.8, 4) is 0 Å². The number of rotatable bonds is 14. The van der Waals surface area contributed by atoms with E-state index in [1.165, 1.54) is 6.92 Å². The summed E-state index contributed by atoms with van der Waals surface area (Å²) in [5.41, 5.74) is 5.77. The van der Waals surface area contributed by atoms with Gasteiger partial charge < -0.3 is 37.0 Å². The fourth-order valence-corrected chi connectivity index (χ4v) is 2.48. The van der Waals surface area contributed by atoms with Gasteiger partial charge >= 0.3 is 17.9 Å². The highest BCUT2D eigenvalue weighted by Gasteiger charge is 2.29. The summed E-state index contributed by atoms with van der Waals surface area (Å²) in [6.45, 7) is 4.90. The molecule has 0 aliphatic rings. The molecule has 176 valence electrons. The van der Waals surface area contributed by atoms with Crippen molar-refractivity contribution in [2.45, 2.75) is 70.6 Å². The van der Waals surface area contributed by atoms with Gasteiger partial charge in [-0.1, -0.05) is 13.8 Å². The summed E-state index contributed by atoms with van der Waals surface area (Å²) in [5.74, 6) is -6.63. The summed E-state index contributed by atoms with van der Waals surface area (Å²) >= 11 is 0. The Morgan fingerprint density at radius 2 is 1.32 bits per heavy atom. The molecule has 0 spiro atoms. The van der Waals surface area contributed by atoms with Gasteiger partial charge in [0.05, 0.1) is 12.5 Å². The maximum atomic E-state index is 12.5. The molecule has 0 aromatic carbocycles. The second-order valence-corrected chi connectivity index (χ2v) is 7.46. The van der Waals surface area contributed by atoms with E-state index in [1.807, 2.05) is 19.2 Å². The van der Waals surface area contributed by atoms with Crippen molar-refractivity contribution < 1.29 is 44.1 Å². The Hall–Kier alpha value is -3.22. The SMILES string of the molecule is CC(C)CC(N)C(=O)NC(CCC(=O)O)C(=O)NC(C)C(=O)NC(CC(=O)O)C(=O)O.